The molecule has 26 heavy (non-hydrogen) atoms. The van der Waals surface area contributed by atoms with Crippen molar-refractivity contribution in [1.29, 1.82) is 0 Å². The molecule has 0 fully saturated rings. The number of fused-ring (bicyclic) bond motifs is 1. The zero-order valence-corrected chi connectivity index (χ0v) is 15.3. The van der Waals surface area contributed by atoms with E-state index in [0.717, 1.165) is 27.0 Å². The first-order valence-corrected chi connectivity index (χ1v) is 8.63. The normalized spacial score (nSPS) is 9.88. The molecule has 130 valence electrons. The lowest BCUT2D eigenvalue weighted by Crippen LogP contribution is -2.19. The molecule has 0 spiro atoms. The lowest BCUT2D eigenvalue weighted by molar-refractivity contribution is 0.262. The summed E-state index contributed by atoms with van der Waals surface area (Å²) in [5.74, 6) is 0. The summed E-state index contributed by atoms with van der Waals surface area (Å²) >= 11 is 3.34. The fourth-order valence-corrected chi connectivity index (χ4v) is 2.39. The summed E-state index contributed by atoms with van der Waals surface area (Å²) in [5.41, 5.74) is 3.28. The van der Waals surface area contributed by atoms with E-state index in [1.54, 1.807) is 12.5 Å². The number of benzene rings is 2. The Labute approximate surface area is 158 Å². The maximum Gasteiger partial charge on any atom is 0.323 e. The van der Waals surface area contributed by atoms with E-state index in [4.69, 9.17) is 0 Å². The highest BCUT2D eigenvalue weighted by atomic mass is 79.9. The van der Waals surface area contributed by atoms with Gasteiger partial charge < -0.3 is 15.6 Å². The van der Waals surface area contributed by atoms with Crippen molar-refractivity contribution in [3.05, 3.63) is 83.7 Å². The minimum absolute atomic E-state index is 0.251. The maximum atomic E-state index is 11.6. The van der Waals surface area contributed by atoms with Crippen molar-refractivity contribution in [1.82, 2.24) is 15.0 Å². The second-order valence-electron chi connectivity index (χ2n) is 5.23. The van der Waals surface area contributed by atoms with Crippen molar-refractivity contribution in [2.45, 2.75) is 0 Å². The predicted octanol–water partition coefficient (Wildman–Crippen LogP) is 5.05. The third-order valence-corrected chi connectivity index (χ3v) is 3.86. The van der Waals surface area contributed by atoms with Gasteiger partial charge in [0.25, 0.3) is 0 Å². The highest BCUT2D eigenvalue weighted by molar-refractivity contribution is 9.10. The van der Waals surface area contributed by atoms with Crippen LogP contribution in [0.25, 0.3) is 11.2 Å². The van der Waals surface area contributed by atoms with E-state index in [9.17, 15) is 4.79 Å². The van der Waals surface area contributed by atoms with Crippen LogP contribution in [0.3, 0.4) is 0 Å². The molecule has 0 unspecified atom stereocenters. The van der Waals surface area contributed by atoms with Gasteiger partial charge >= 0.3 is 6.03 Å². The number of aromatic nitrogens is 3. The number of urea groups is 1. The standard InChI is InChI=1S/C13H11BrN2O.C6H5N3/c14-10-6-8-12(9-7-10)16-13(17)15-11-4-2-1-3-5-11;1-2-5-6(7-3-1)9-4-8-5/h1-9H,(H2,15,16,17);1-4H,(H,7,8,9). The van der Waals surface area contributed by atoms with E-state index in [-0.39, 0.29) is 6.03 Å². The largest absolute Gasteiger partial charge is 0.343 e. The van der Waals surface area contributed by atoms with Crippen molar-refractivity contribution in [3.8, 4) is 0 Å². The Bertz CT molecular complexity index is 940. The highest BCUT2D eigenvalue weighted by Crippen LogP contribution is 2.14. The first-order chi connectivity index (χ1) is 12.7. The van der Waals surface area contributed by atoms with E-state index >= 15 is 0 Å². The molecule has 0 atom stereocenters. The average molecular weight is 410 g/mol. The van der Waals surface area contributed by atoms with E-state index in [2.05, 4.69) is 41.5 Å². The van der Waals surface area contributed by atoms with Crippen molar-refractivity contribution in [2.24, 2.45) is 0 Å². The fraction of sp³-hybridized carbons (Fsp3) is 0. The average Bonchev–Trinajstić information content (AvgIpc) is 3.14. The van der Waals surface area contributed by atoms with Gasteiger partial charge in [0.1, 0.15) is 0 Å². The van der Waals surface area contributed by atoms with Crippen LogP contribution in [0.4, 0.5) is 16.2 Å². The van der Waals surface area contributed by atoms with Gasteiger partial charge in [0, 0.05) is 22.0 Å². The Hall–Kier alpha value is -3.19. The van der Waals surface area contributed by atoms with Crippen LogP contribution in [0.1, 0.15) is 0 Å². The number of pyridine rings is 1. The minimum atomic E-state index is -0.251. The number of carbonyl (C=O) groups excluding carboxylic acids is 1. The predicted molar refractivity (Wildman–Crippen MR) is 107 cm³/mol. The number of nitrogens with one attached hydrogen (secondary N) is 3. The second-order valence-corrected chi connectivity index (χ2v) is 6.14. The van der Waals surface area contributed by atoms with Gasteiger partial charge in [-0.25, -0.2) is 14.8 Å². The number of amides is 2. The zero-order chi connectivity index (χ0) is 18.2. The summed E-state index contributed by atoms with van der Waals surface area (Å²) in [5, 5.41) is 5.49. The summed E-state index contributed by atoms with van der Waals surface area (Å²) in [6.45, 7) is 0. The lowest BCUT2D eigenvalue weighted by atomic mass is 10.3. The Kier molecular flexibility index (Phi) is 5.95. The summed E-state index contributed by atoms with van der Waals surface area (Å²) in [4.78, 5) is 22.5. The van der Waals surface area contributed by atoms with Gasteiger partial charge in [0.05, 0.1) is 11.8 Å². The van der Waals surface area contributed by atoms with Crippen LogP contribution in [0.15, 0.2) is 83.7 Å². The Balaban J connectivity index is 0.000000181. The van der Waals surface area contributed by atoms with E-state index < -0.39 is 0 Å². The Morgan fingerprint density at radius 2 is 1.54 bits per heavy atom. The molecule has 2 heterocycles. The number of rotatable bonds is 2. The molecule has 2 aromatic heterocycles. The molecular weight excluding hydrogens is 394 g/mol. The van der Waals surface area contributed by atoms with Crippen LogP contribution in [-0.2, 0) is 0 Å². The summed E-state index contributed by atoms with van der Waals surface area (Å²) in [6, 6.07) is 20.3. The van der Waals surface area contributed by atoms with Crippen LogP contribution in [0.5, 0.6) is 0 Å². The molecule has 0 saturated carbocycles. The number of imidazole rings is 1. The number of para-hydroxylation sites is 1. The first kappa shape index (κ1) is 17.6. The number of carbonyl (C=O) groups is 1. The van der Waals surface area contributed by atoms with E-state index in [1.165, 1.54) is 0 Å². The maximum absolute atomic E-state index is 11.6. The van der Waals surface area contributed by atoms with Gasteiger partial charge in [-0.1, -0.05) is 34.1 Å². The number of aromatic amines is 1. The van der Waals surface area contributed by atoms with Gasteiger partial charge in [-0.3, -0.25) is 0 Å². The molecule has 3 N–H and O–H groups in total. The SMILES string of the molecule is O=C(Nc1ccccc1)Nc1ccc(Br)cc1.c1cnc2nc[nH]c2c1. The topological polar surface area (TPSA) is 82.7 Å². The third-order valence-electron chi connectivity index (χ3n) is 3.33. The number of anilines is 2. The molecule has 0 radical (unpaired) electrons. The van der Waals surface area contributed by atoms with Gasteiger partial charge in [-0.15, -0.1) is 0 Å². The van der Waals surface area contributed by atoms with Gasteiger partial charge in [-0.2, -0.15) is 0 Å². The molecule has 6 nitrogen and oxygen atoms in total. The van der Waals surface area contributed by atoms with Crippen molar-refractivity contribution < 1.29 is 4.79 Å². The van der Waals surface area contributed by atoms with Gasteiger partial charge in [0.15, 0.2) is 5.65 Å². The van der Waals surface area contributed by atoms with Crippen LogP contribution in [0.2, 0.25) is 0 Å². The zero-order valence-electron chi connectivity index (χ0n) is 13.7. The monoisotopic (exact) mass is 409 g/mol. The minimum Gasteiger partial charge on any atom is -0.343 e. The number of hydrogen-bond acceptors (Lipinski definition) is 3. The molecule has 0 aliphatic heterocycles. The Morgan fingerprint density at radius 3 is 2.23 bits per heavy atom. The molecule has 0 saturated heterocycles. The molecule has 2 aromatic carbocycles. The summed E-state index contributed by atoms with van der Waals surface area (Å²) in [6.07, 6.45) is 3.36. The Morgan fingerprint density at radius 1 is 0.846 bits per heavy atom. The van der Waals surface area contributed by atoms with Gasteiger partial charge in [0.2, 0.25) is 0 Å². The van der Waals surface area contributed by atoms with Crippen LogP contribution >= 0.6 is 15.9 Å². The van der Waals surface area contributed by atoms with Gasteiger partial charge in [-0.05, 0) is 48.5 Å². The van der Waals surface area contributed by atoms with E-state index in [1.807, 2.05) is 66.7 Å². The van der Waals surface area contributed by atoms with Crippen LogP contribution < -0.4 is 10.6 Å². The number of hydrogen-bond donors (Lipinski definition) is 3. The van der Waals surface area contributed by atoms with Crippen molar-refractivity contribution in [2.75, 3.05) is 10.6 Å². The van der Waals surface area contributed by atoms with Crippen molar-refractivity contribution >= 4 is 44.5 Å². The van der Waals surface area contributed by atoms with Crippen LogP contribution in [0, 0.1) is 0 Å². The second kappa shape index (κ2) is 8.77. The van der Waals surface area contributed by atoms with Crippen molar-refractivity contribution in [3.63, 3.8) is 0 Å². The summed E-state index contributed by atoms with van der Waals surface area (Å²) < 4.78 is 0.978. The quantitative estimate of drug-likeness (QED) is 0.433. The molecule has 0 aliphatic carbocycles. The lowest BCUT2D eigenvalue weighted by Gasteiger charge is -2.07. The van der Waals surface area contributed by atoms with E-state index in [0.29, 0.717) is 0 Å². The smallest absolute Gasteiger partial charge is 0.323 e. The molecule has 0 aliphatic rings. The molecular formula is C19H16BrN5O. The third kappa shape index (κ3) is 5.15. The molecule has 2 amide bonds. The molecule has 7 heteroatoms. The number of halogens is 1. The van der Waals surface area contributed by atoms with Crippen LogP contribution in [-0.4, -0.2) is 21.0 Å². The number of nitrogens with zero attached hydrogens (tertiary/aromatic N) is 2. The fourth-order valence-electron chi connectivity index (χ4n) is 2.12. The molecule has 0 bridgehead atoms. The number of H-pyrrole nitrogens is 1. The summed E-state index contributed by atoms with van der Waals surface area (Å²) in [7, 11) is 0. The molecule has 4 aromatic rings. The highest BCUT2D eigenvalue weighted by Gasteiger charge is 2.01. The molecule has 4 rings (SSSR count). The first-order valence-electron chi connectivity index (χ1n) is 7.83.